The molecule has 0 aliphatic carbocycles. The van der Waals surface area contributed by atoms with E-state index in [1.165, 1.54) is 44.4 Å². The second-order valence-electron chi connectivity index (χ2n) is 5.78. The number of hydrogen-bond donors (Lipinski definition) is 1. The summed E-state index contributed by atoms with van der Waals surface area (Å²) in [6.07, 6.45) is -1.13. The van der Waals surface area contributed by atoms with E-state index in [9.17, 15) is 23.2 Å². The van der Waals surface area contributed by atoms with Gasteiger partial charge in [0.25, 0.3) is 5.91 Å². The van der Waals surface area contributed by atoms with Gasteiger partial charge in [-0.05, 0) is 43.3 Å². The van der Waals surface area contributed by atoms with E-state index in [4.69, 9.17) is 9.47 Å². The fourth-order valence-corrected chi connectivity index (χ4v) is 2.41. The minimum atomic E-state index is -2.97. The van der Waals surface area contributed by atoms with Crippen LogP contribution < -0.4 is 14.8 Å². The average Bonchev–Trinajstić information content (AvgIpc) is 2.71. The average molecular weight is 407 g/mol. The quantitative estimate of drug-likeness (QED) is 0.508. The van der Waals surface area contributed by atoms with E-state index < -0.39 is 36.9 Å². The number of benzene rings is 2. The standard InChI is InChI=1S/C20H19F2NO6/c1-12(18(25)13-7-9-14(10-8-13)29-20(21)22)28-17(24)11-23-19(26)15-5-3-4-6-16(15)27-2/h3-10,12,20H,11H2,1-2H3,(H,23,26)/t12-/m1/s1. The number of carbonyl (C=O) groups is 3. The lowest BCUT2D eigenvalue weighted by Gasteiger charge is -2.13. The first-order valence-electron chi connectivity index (χ1n) is 8.51. The highest BCUT2D eigenvalue weighted by atomic mass is 19.3. The first-order chi connectivity index (χ1) is 13.8. The molecule has 29 heavy (non-hydrogen) atoms. The van der Waals surface area contributed by atoms with Gasteiger partial charge in [-0.2, -0.15) is 8.78 Å². The lowest BCUT2D eigenvalue weighted by atomic mass is 10.1. The number of halogens is 2. The zero-order valence-corrected chi connectivity index (χ0v) is 15.7. The lowest BCUT2D eigenvalue weighted by Crippen LogP contribution is -2.34. The minimum absolute atomic E-state index is 0.0970. The fourth-order valence-electron chi connectivity index (χ4n) is 2.41. The molecule has 0 bridgehead atoms. The van der Waals surface area contributed by atoms with Gasteiger partial charge in [-0.15, -0.1) is 0 Å². The molecule has 0 saturated heterocycles. The summed E-state index contributed by atoms with van der Waals surface area (Å²) in [5.41, 5.74) is 0.406. The molecule has 1 N–H and O–H groups in total. The van der Waals surface area contributed by atoms with Crippen molar-refractivity contribution in [1.82, 2.24) is 5.32 Å². The predicted octanol–water partition coefficient (Wildman–Crippen LogP) is 2.84. The molecule has 0 saturated carbocycles. The molecule has 0 heterocycles. The van der Waals surface area contributed by atoms with E-state index in [0.717, 1.165) is 0 Å². The van der Waals surface area contributed by atoms with Crippen LogP contribution in [-0.2, 0) is 9.53 Å². The van der Waals surface area contributed by atoms with Gasteiger partial charge in [0.15, 0.2) is 6.10 Å². The molecule has 9 heteroatoms. The predicted molar refractivity (Wildman–Crippen MR) is 98.3 cm³/mol. The highest BCUT2D eigenvalue weighted by Gasteiger charge is 2.21. The van der Waals surface area contributed by atoms with E-state index in [2.05, 4.69) is 10.1 Å². The highest BCUT2D eigenvalue weighted by molar-refractivity contribution is 6.01. The van der Waals surface area contributed by atoms with E-state index in [-0.39, 0.29) is 16.9 Å². The molecule has 7 nitrogen and oxygen atoms in total. The second kappa shape index (κ2) is 10.2. The van der Waals surface area contributed by atoms with Crippen LogP contribution in [0.3, 0.4) is 0 Å². The summed E-state index contributed by atoms with van der Waals surface area (Å²) >= 11 is 0. The SMILES string of the molecule is COc1ccccc1C(=O)NCC(=O)O[C@H](C)C(=O)c1ccc(OC(F)F)cc1. The summed E-state index contributed by atoms with van der Waals surface area (Å²) < 4.78 is 38.6. The number of rotatable bonds is 9. The number of amides is 1. The maximum Gasteiger partial charge on any atom is 0.387 e. The summed E-state index contributed by atoms with van der Waals surface area (Å²) in [6, 6.07) is 11.5. The van der Waals surface area contributed by atoms with E-state index >= 15 is 0 Å². The van der Waals surface area contributed by atoms with Crippen molar-refractivity contribution in [2.45, 2.75) is 19.6 Å². The zero-order chi connectivity index (χ0) is 21.4. The molecule has 1 amide bonds. The van der Waals surface area contributed by atoms with Gasteiger partial charge in [-0.1, -0.05) is 12.1 Å². The highest BCUT2D eigenvalue weighted by Crippen LogP contribution is 2.17. The van der Waals surface area contributed by atoms with Crippen LogP contribution in [0.5, 0.6) is 11.5 Å². The Bertz CT molecular complexity index is 870. The first-order valence-corrected chi connectivity index (χ1v) is 8.51. The Balaban J connectivity index is 1.88. The summed E-state index contributed by atoms with van der Waals surface area (Å²) in [6.45, 7) is -2.05. The largest absolute Gasteiger partial charge is 0.496 e. The van der Waals surface area contributed by atoms with Gasteiger partial charge in [-0.25, -0.2) is 0 Å². The Morgan fingerprint density at radius 2 is 1.69 bits per heavy atom. The van der Waals surface area contributed by atoms with Crippen molar-refractivity contribution < 1.29 is 37.4 Å². The Labute approximate surface area is 165 Å². The van der Waals surface area contributed by atoms with Crippen LogP contribution in [0.4, 0.5) is 8.78 Å². The summed E-state index contributed by atoms with van der Waals surface area (Å²) in [7, 11) is 1.42. The van der Waals surface area contributed by atoms with Crippen LogP contribution in [0.15, 0.2) is 48.5 Å². The number of ether oxygens (including phenoxy) is 3. The Morgan fingerprint density at radius 3 is 2.31 bits per heavy atom. The molecule has 2 rings (SSSR count). The van der Waals surface area contributed by atoms with Crippen LogP contribution in [0.1, 0.15) is 27.6 Å². The fraction of sp³-hybridized carbons (Fsp3) is 0.250. The van der Waals surface area contributed by atoms with E-state index in [0.29, 0.717) is 5.75 Å². The Kier molecular flexibility index (Phi) is 7.64. The monoisotopic (exact) mass is 407 g/mol. The van der Waals surface area contributed by atoms with Gasteiger partial charge in [0.2, 0.25) is 5.78 Å². The summed E-state index contributed by atoms with van der Waals surface area (Å²) in [4.78, 5) is 36.4. The molecule has 0 aliphatic heterocycles. The maximum absolute atomic E-state index is 12.3. The van der Waals surface area contributed by atoms with Gasteiger partial charge < -0.3 is 19.5 Å². The molecule has 0 aliphatic rings. The molecular formula is C20H19F2NO6. The topological polar surface area (TPSA) is 90.9 Å². The number of hydrogen-bond acceptors (Lipinski definition) is 6. The van der Waals surface area contributed by atoms with Gasteiger partial charge in [0.05, 0.1) is 12.7 Å². The number of carbonyl (C=O) groups excluding carboxylic acids is 3. The van der Waals surface area contributed by atoms with Crippen LogP contribution in [0.2, 0.25) is 0 Å². The number of ketones is 1. The number of methoxy groups -OCH3 is 1. The van der Waals surface area contributed by atoms with Crippen molar-refractivity contribution in [2.75, 3.05) is 13.7 Å². The lowest BCUT2D eigenvalue weighted by molar-refractivity contribution is -0.145. The van der Waals surface area contributed by atoms with Crippen LogP contribution >= 0.6 is 0 Å². The molecule has 0 spiro atoms. The van der Waals surface area contributed by atoms with E-state index in [1.54, 1.807) is 18.2 Å². The van der Waals surface area contributed by atoms with Gasteiger partial charge in [-0.3, -0.25) is 14.4 Å². The number of Topliss-reactive ketones (excluding diaryl/α,β-unsaturated/α-hetero) is 1. The number of nitrogens with one attached hydrogen (secondary N) is 1. The van der Waals surface area contributed by atoms with Crippen LogP contribution in [0, 0.1) is 0 Å². The minimum Gasteiger partial charge on any atom is -0.496 e. The van der Waals surface area contributed by atoms with Gasteiger partial charge >= 0.3 is 12.6 Å². The van der Waals surface area contributed by atoms with E-state index in [1.807, 2.05) is 0 Å². The maximum atomic E-state index is 12.3. The zero-order valence-electron chi connectivity index (χ0n) is 15.7. The van der Waals surface area contributed by atoms with Crippen molar-refractivity contribution in [3.63, 3.8) is 0 Å². The third-order valence-electron chi connectivity index (χ3n) is 3.79. The Hall–Kier alpha value is -3.49. The second-order valence-corrected chi connectivity index (χ2v) is 5.78. The summed E-state index contributed by atoms with van der Waals surface area (Å²) in [5.74, 6) is -1.63. The molecule has 0 aromatic heterocycles. The van der Waals surface area contributed by atoms with Crippen molar-refractivity contribution >= 4 is 17.7 Å². The normalized spacial score (nSPS) is 11.5. The summed E-state index contributed by atoms with van der Waals surface area (Å²) in [5, 5.41) is 2.39. The molecule has 154 valence electrons. The van der Waals surface area contributed by atoms with Crippen LogP contribution in [0.25, 0.3) is 0 Å². The number of para-hydroxylation sites is 1. The number of esters is 1. The van der Waals surface area contributed by atoms with Gasteiger partial charge in [0.1, 0.15) is 18.0 Å². The molecular weight excluding hydrogens is 388 g/mol. The van der Waals surface area contributed by atoms with Crippen molar-refractivity contribution in [3.8, 4) is 11.5 Å². The van der Waals surface area contributed by atoms with Crippen molar-refractivity contribution in [3.05, 3.63) is 59.7 Å². The molecule has 2 aromatic carbocycles. The van der Waals surface area contributed by atoms with Crippen LogP contribution in [-0.4, -0.2) is 44.0 Å². The van der Waals surface area contributed by atoms with Crippen molar-refractivity contribution in [1.29, 1.82) is 0 Å². The smallest absolute Gasteiger partial charge is 0.387 e. The molecule has 0 unspecified atom stereocenters. The third kappa shape index (κ3) is 6.27. The number of alkyl halides is 2. The Morgan fingerprint density at radius 1 is 1.03 bits per heavy atom. The first kappa shape index (κ1) is 21.8. The van der Waals surface area contributed by atoms with Crippen molar-refractivity contribution in [2.24, 2.45) is 0 Å². The molecule has 0 fully saturated rings. The molecule has 0 radical (unpaired) electrons. The van der Waals surface area contributed by atoms with Gasteiger partial charge in [0, 0.05) is 5.56 Å². The third-order valence-corrected chi connectivity index (χ3v) is 3.79. The molecule has 1 atom stereocenters. The molecule has 2 aromatic rings.